The van der Waals surface area contributed by atoms with Crippen molar-refractivity contribution in [3.8, 4) is 0 Å². The summed E-state index contributed by atoms with van der Waals surface area (Å²) in [5, 5.41) is 8.73. The molecule has 4 nitrogen and oxygen atoms in total. The predicted octanol–water partition coefficient (Wildman–Crippen LogP) is 2.56. The van der Waals surface area contributed by atoms with E-state index in [2.05, 4.69) is 31.4 Å². The van der Waals surface area contributed by atoms with Crippen LogP contribution in [0.1, 0.15) is 10.5 Å². The monoisotopic (exact) mass is 283 g/mol. The van der Waals surface area contributed by atoms with Crippen LogP contribution in [0, 0.1) is 5.82 Å². The van der Waals surface area contributed by atoms with E-state index in [1.807, 2.05) is 0 Å². The molecule has 82 valence electrons. The first kappa shape index (κ1) is 10.8. The Morgan fingerprint density at radius 1 is 1.44 bits per heavy atom. The minimum absolute atomic E-state index is 0.316. The van der Waals surface area contributed by atoms with Crippen molar-refractivity contribution in [2.24, 2.45) is 0 Å². The number of carbonyl (C=O) groups excluding carboxylic acids is 1. The lowest BCUT2D eigenvalue weighted by molar-refractivity contribution is 0.102. The Labute approximate surface area is 99.0 Å². The average molecular weight is 284 g/mol. The Morgan fingerprint density at radius 3 is 2.94 bits per heavy atom. The van der Waals surface area contributed by atoms with Crippen LogP contribution in [0.25, 0.3) is 0 Å². The van der Waals surface area contributed by atoms with Crippen molar-refractivity contribution in [2.75, 3.05) is 5.32 Å². The van der Waals surface area contributed by atoms with Crippen molar-refractivity contribution >= 4 is 27.5 Å². The maximum absolute atomic E-state index is 12.9. The topological polar surface area (TPSA) is 57.8 Å². The van der Waals surface area contributed by atoms with Crippen LogP contribution in [0.3, 0.4) is 0 Å². The minimum atomic E-state index is -0.414. The third-order valence-electron chi connectivity index (χ3n) is 1.92. The van der Waals surface area contributed by atoms with Crippen molar-refractivity contribution in [1.29, 1.82) is 0 Å². The fraction of sp³-hybridized carbons (Fsp3) is 0. The maximum atomic E-state index is 12.9. The van der Waals surface area contributed by atoms with E-state index >= 15 is 0 Å². The summed E-state index contributed by atoms with van der Waals surface area (Å²) in [6.45, 7) is 0. The summed E-state index contributed by atoms with van der Waals surface area (Å²) in [6, 6.07) is 5.59. The second-order valence-electron chi connectivity index (χ2n) is 3.05. The largest absolute Gasteiger partial charge is 0.320 e. The molecular weight excluding hydrogens is 277 g/mol. The summed E-state index contributed by atoms with van der Waals surface area (Å²) in [5.74, 6) is -0.785. The number of nitrogens with zero attached hydrogens (tertiary/aromatic N) is 1. The van der Waals surface area contributed by atoms with E-state index in [0.717, 1.165) is 0 Å². The van der Waals surface area contributed by atoms with Crippen LogP contribution in [0.2, 0.25) is 0 Å². The van der Waals surface area contributed by atoms with Gasteiger partial charge >= 0.3 is 0 Å². The number of halogens is 2. The first-order valence-electron chi connectivity index (χ1n) is 4.42. The molecule has 0 spiro atoms. The standard InChI is InChI=1S/C10H7BrFN3O/c11-7-2-1-6(12)5-9(7)14-10(16)8-3-4-13-15-8/h1-5H,(H,13,15)(H,14,16). The fourth-order valence-corrected chi connectivity index (χ4v) is 1.51. The van der Waals surface area contributed by atoms with Gasteiger partial charge < -0.3 is 5.32 Å². The van der Waals surface area contributed by atoms with Gasteiger partial charge in [0.1, 0.15) is 11.5 Å². The van der Waals surface area contributed by atoms with Gasteiger partial charge in [0.15, 0.2) is 0 Å². The van der Waals surface area contributed by atoms with Crippen LogP contribution < -0.4 is 5.32 Å². The molecule has 0 bridgehead atoms. The zero-order valence-electron chi connectivity index (χ0n) is 8.00. The summed E-state index contributed by atoms with van der Waals surface area (Å²) in [4.78, 5) is 11.6. The highest BCUT2D eigenvalue weighted by Gasteiger charge is 2.09. The number of anilines is 1. The normalized spacial score (nSPS) is 10.1. The molecule has 1 aromatic heterocycles. The lowest BCUT2D eigenvalue weighted by Crippen LogP contribution is -2.12. The van der Waals surface area contributed by atoms with Crippen molar-refractivity contribution < 1.29 is 9.18 Å². The summed E-state index contributed by atoms with van der Waals surface area (Å²) < 4.78 is 13.6. The number of hydrogen-bond donors (Lipinski definition) is 2. The predicted molar refractivity (Wildman–Crippen MR) is 60.6 cm³/mol. The molecule has 16 heavy (non-hydrogen) atoms. The Morgan fingerprint density at radius 2 is 2.25 bits per heavy atom. The minimum Gasteiger partial charge on any atom is -0.320 e. The lowest BCUT2D eigenvalue weighted by atomic mass is 10.3. The van der Waals surface area contributed by atoms with Gasteiger partial charge in [0.05, 0.1) is 5.69 Å². The number of amides is 1. The molecule has 0 aliphatic rings. The number of aromatic nitrogens is 2. The number of aromatic amines is 1. The van der Waals surface area contributed by atoms with Gasteiger partial charge in [-0.3, -0.25) is 9.89 Å². The number of nitrogens with one attached hydrogen (secondary N) is 2. The molecule has 1 amide bonds. The van der Waals surface area contributed by atoms with E-state index < -0.39 is 5.82 Å². The van der Waals surface area contributed by atoms with Gasteiger partial charge in [-0.1, -0.05) is 0 Å². The van der Waals surface area contributed by atoms with Gasteiger partial charge in [-0.2, -0.15) is 5.10 Å². The molecule has 0 unspecified atom stereocenters. The molecule has 0 fully saturated rings. The molecule has 0 radical (unpaired) electrons. The first-order chi connectivity index (χ1) is 7.66. The van der Waals surface area contributed by atoms with Crippen LogP contribution in [0.5, 0.6) is 0 Å². The van der Waals surface area contributed by atoms with Gasteiger partial charge in [0.2, 0.25) is 0 Å². The number of carbonyl (C=O) groups is 1. The molecule has 6 heteroatoms. The zero-order chi connectivity index (χ0) is 11.5. The van der Waals surface area contributed by atoms with E-state index in [9.17, 15) is 9.18 Å². The Hall–Kier alpha value is -1.69. The van der Waals surface area contributed by atoms with E-state index in [0.29, 0.717) is 15.9 Å². The Bertz CT molecular complexity index is 513. The SMILES string of the molecule is O=C(Nc1cc(F)ccc1Br)c1ccn[nH]1. The van der Waals surface area contributed by atoms with E-state index in [1.54, 1.807) is 0 Å². The zero-order valence-corrected chi connectivity index (χ0v) is 9.58. The van der Waals surface area contributed by atoms with Crippen molar-refractivity contribution in [1.82, 2.24) is 10.2 Å². The van der Waals surface area contributed by atoms with Crippen LogP contribution >= 0.6 is 15.9 Å². The molecule has 0 aliphatic carbocycles. The summed E-state index contributed by atoms with van der Waals surface area (Å²) in [5.41, 5.74) is 0.691. The third-order valence-corrected chi connectivity index (χ3v) is 2.61. The highest BCUT2D eigenvalue weighted by atomic mass is 79.9. The van der Waals surface area contributed by atoms with Gasteiger partial charge in [-0.05, 0) is 40.2 Å². The third kappa shape index (κ3) is 2.27. The maximum Gasteiger partial charge on any atom is 0.273 e. The summed E-state index contributed by atoms with van der Waals surface area (Å²) in [6.07, 6.45) is 1.47. The van der Waals surface area contributed by atoms with Gasteiger partial charge in [0, 0.05) is 10.7 Å². The van der Waals surface area contributed by atoms with Gasteiger partial charge in [-0.25, -0.2) is 4.39 Å². The van der Waals surface area contributed by atoms with Crippen LogP contribution in [0.4, 0.5) is 10.1 Å². The number of H-pyrrole nitrogens is 1. The number of rotatable bonds is 2. The quantitative estimate of drug-likeness (QED) is 0.890. The number of hydrogen-bond acceptors (Lipinski definition) is 2. The molecule has 1 aromatic carbocycles. The average Bonchev–Trinajstić information content (AvgIpc) is 2.76. The Balaban J connectivity index is 2.21. The van der Waals surface area contributed by atoms with E-state index in [1.165, 1.54) is 30.5 Å². The fourth-order valence-electron chi connectivity index (χ4n) is 1.17. The van der Waals surface area contributed by atoms with Crippen molar-refractivity contribution in [3.63, 3.8) is 0 Å². The van der Waals surface area contributed by atoms with Crippen molar-refractivity contribution in [2.45, 2.75) is 0 Å². The highest BCUT2D eigenvalue weighted by Crippen LogP contribution is 2.23. The van der Waals surface area contributed by atoms with Crippen LogP contribution in [0.15, 0.2) is 34.9 Å². The molecule has 0 aliphatic heterocycles. The summed E-state index contributed by atoms with van der Waals surface area (Å²) >= 11 is 3.22. The van der Waals surface area contributed by atoms with E-state index in [4.69, 9.17) is 0 Å². The molecule has 1 heterocycles. The highest BCUT2D eigenvalue weighted by molar-refractivity contribution is 9.10. The van der Waals surface area contributed by atoms with Crippen molar-refractivity contribution in [3.05, 3.63) is 46.4 Å². The van der Waals surface area contributed by atoms with Crippen LogP contribution in [-0.2, 0) is 0 Å². The molecule has 0 saturated carbocycles. The molecular formula is C10H7BrFN3O. The lowest BCUT2D eigenvalue weighted by Gasteiger charge is -2.05. The second kappa shape index (κ2) is 4.44. The second-order valence-corrected chi connectivity index (χ2v) is 3.90. The molecule has 0 saturated heterocycles. The van der Waals surface area contributed by atoms with Gasteiger partial charge in [0.25, 0.3) is 5.91 Å². The molecule has 0 atom stereocenters. The first-order valence-corrected chi connectivity index (χ1v) is 5.22. The molecule has 2 aromatic rings. The Kier molecular flexibility index (Phi) is 3.00. The smallest absolute Gasteiger partial charge is 0.273 e. The molecule has 2 rings (SSSR count). The van der Waals surface area contributed by atoms with Crippen LogP contribution in [-0.4, -0.2) is 16.1 Å². The van der Waals surface area contributed by atoms with Gasteiger partial charge in [-0.15, -0.1) is 0 Å². The summed E-state index contributed by atoms with van der Waals surface area (Å²) in [7, 11) is 0. The number of benzene rings is 1. The molecule has 2 N–H and O–H groups in total. The van der Waals surface area contributed by atoms with E-state index in [-0.39, 0.29) is 5.91 Å².